The van der Waals surface area contributed by atoms with Crippen molar-refractivity contribution in [3.63, 3.8) is 0 Å². The molecule has 2 heterocycles. The summed E-state index contributed by atoms with van der Waals surface area (Å²) in [7, 11) is -1.06. The van der Waals surface area contributed by atoms with Crippen molar-refractivity contribution in [1.29, 1.82) is 0 Å². The Morgan fingerprint density at radius 1 is 0.906 bits per heavy atom. The summed E-state index contributed by atoms with van der Waals surface area (Å²) in [6.07, 6.45) is 0. The summed E-state index contributed by atoms with van der Waals surface area (Å²) >= 11 is 12.6. The second kappa shape index (κ2) is 18.0. The third-order valence-electron chi connectivity index (χ3n) is 9.46. The summed E-state index contributed by atoms with van der Waals surface area (Å²) in [5.41, 5.74) is 7.47. The van der Waals surface area contributed by atoms with Crippen LogP contribution in [0.1, 0.15) is 42.6 Å². The SMILES string of the molecule is CCOc1ccc(S(=O)(=O)N(CCOC)CCOC)cc1C1=NC(c2ccc(Cl)cc2)C(c2ccc(Cl)cc2)N1C(=O)N1CCN(C(C)C(N)=O)CC1. The number of primary amides is 1. The molecule has 2 aliphatic heterocycles. The fraction of sp³-hybridized carbons (Fsp3) is 0.432. The summed E-state index contributed by atoms with van der Waals surface area (Å²) in [4.78, 5) is 37.4. The summed E-state index contributed by atoms with van der Waals surface area (Å²) in [5.74, 6) is 0.160. The Kier molecular flexibility index (Phi) is 13.8. The number of methoxy groups -OCH3 is 2. The minimum absolute atomic E-state index is 0.00898. The number of benzene rings is 3. The highest BCUT2D eigenvalue weighted by Crippen LogP contribution is 2.46. The summed E-state index contributed by atoms with van der Waals surface area (Å²) in [6.45, 7) is 5.91. The standard InChI is InChI=1S/C37H46Cl2N6O7S/c1-5-52-32-15-14-30(53(48,49)44(20-22-50-3)21-23-51-4)24-31(32)36-41-33(26-6-10-28(38)11-7-26)34(27-8-12-29(39)13-9-27)45(36)37(47)43-18-16-42(17-19-43)25(2)35(40)46/h6-15,24-25,33-34H,5,16-23H2,1-4H3,(H2,40,46). The van der Waals surface area contributed by atoms with Gasteiger partial charge in [-0.15, -0.1) is 0 Å². The fourth-order valence-corrected chi connectivity index (χ4v) is 8.19. The first-order chi connectivity index (χ1) is 25.4. The summed E-state index contributed by atoms with van der Waals surface area (Å²) in [6, 6.07) is 17.0. The number of amidine groups is 1. The molecule has 13 nitrogen and oxygen atoms in total. The molecule has 0 radical (unpaired) electrons. The number of nitrogens with two attached hydrogens (primary N) is 1. The smallest absolute Gasteiger partial charge is 0.326 e. The van der Waals surface area contributed by atoms with Gasteiger partial charge in [0.05, 0.1) is 42.4 Å². The number of sulfonamides is 1. The lowest BCUT2D eigenvalue weighted by atomic mass is 9.93. The monoisotopic (exact) mass is 788 g/mol. The van der Waals surface area contributed by atoms with Crippen molar-refractivity contribution in [1.82, 2.24) is 19.0 Å². The molecule has 0 saturated carbocycles. The second-order valence-electron chi connectivity index (χ2n) is 12.7. The molecule has 2 N–H and O–H groups in total. The van der Waals surface area contributed by atoms with E-state index in [1.165, 1.54) is 30.7 Å². The van der Waals surface area contributed by atoms with Crippen LogP contribution >= 0.6 is 23.2 Å². The van der Waals surface area contributed by atoms with Crippen molar-refractivity contribution in [3.8, 4) is 5.75 Å². The number of aliphatic imine (C=N–C) groups is 1. The zero-order chi connectivity index (χ0) is 38.3. The van der Waals surface area contributed by atoms with Gasteiger partial charge in [0.15, 0.2) is 0 Å². The van der Waals surface area contributed by atoms with E-state index in [-0.39, 0.29) is 49.7 Å². The lowest BCUT2D eigenvalue weighted by Gasteiger charge is -2.40. The molecule has 286 valence electrons. The predicted molar refractivity (Wildman–Crippen MR) is 204 cm³/mol. The molecule has 1 fully saturated rings. The van der Waals surface area contributed by atoms with Gasteiger partial charge in [0.2, 0.25) is 15.9 Å². The van der Waals surface area contributed by atoms with Gasteiger partial charge in [-0.05, 0) is 67.4 Å². The highest BCUT2D eigenvalue weighted by molar-refractivity contribution is 7.89. The maximum Gasteiger partial charge on any atom is 0.326 e. The Bertz CT molecular complexity index is 1870. The molecule has 53 heavy (non-hydrogen) atoms. The van der Waals surface area contributed by atoms with E-state index in [1.807, 2.05) is 36.1 Å². The predicted octanol–water partition coefficient (Wildman–Crippen LogP) is 4.83. The van der Waals surface area contributed by atoms with Gasteiger partial charge in [-0.1, -0.05) is 47.5 Å². The molecule has 2 aliphatic rings. The number of carbonyl (C=O) groups excluding carboxylic acids is 2. The molecule has 0 bridgehead atoms. The van der Waals surface area contributed by atoms with Crippen molar-refractivity contribution >= 4 is 51.0 Å². The highest BCUT2D eigenvalue weighted by atomic mass is 35.5. The van der Waals surface area contributed by atoms with Gasteiger partial charge in [-0.3, -0.25) is 19.6 Å². The first kappa shape index (κ1) is 40.4. The Morgan fingerprint density at radius 3 is 2.00 bits per heavy atom. The number of urea groups is 1. The topological polar surface area (TPSA) is 147 Å². The minimum atomic E-state index is -4.07. The van der Waals surface area contributed by atoms with E-state index in [0.29, 0.717) is 47.5 Å². The van der Waals surface area contributed by atoms with Crippen LogP contribution in [-0.2, 0) is 24.3 Å². The van der Waals surface area contributed by atoms with E-state index in [9.17, 15) is 18.0 Å². The molecule has 0 aromatic heterocycles. The van der Waals surface area contributed by atoms with E-state index >= 15 is 0 Å². The average Bonchev–Trinajstić information content (AvgIpc) is 3.55. The molecule has 0 spiro atoms. The third-order valence-corrected chi connectivity index (χ3v) is 11.9. The van der Waals surface area contributed by atoms with Crippen LogP contribution in [0.25, 0.3) is 0 Å². The largest absolute Gasteiger partial charge is 0.493 e. The lowest BCUT2D eigenvalue weighted by molar-refractivity contribution is -0.123. The number of carbonyl (C=O) groups is 2. The van der Waals surface area contributed by atoms with Crippen LogP contribution in [0.5, 0.6) is 5.75 Å². The molecule has 0 aliphatic carbocycles. The van der Waals surface area contributed by atoms with Crippen molar-refractivity contribution in [2.75, 3.05) is 73.3 Å². The summed E-state index contributed by atoms with van der Waals surface area (Å²) < 4.78 is 46.2. The maximum absolute atomic E-state index is 15.0. The van der Waals surface area contributed by atoms with E-state index < -0.39 is 34.1 Å². The van der Waals surface area contributed by atoms with Gasteiger partial charge in [0, 0.05) is 63.5 Å². The Morgan fingerprint density at radius 2 is 1.47 bits per heavy atom. The number of amides is 3. The molecule has 16 heteroatoms. The molecular formula is C37H46Cl2N6O7S. The van der Waals surface area contributed by atoms with E-state index in [2.05, 4.69) is 0 Å². The normalized spacial score (nSPS) is 18.7. The first-order valence-electron chi connectivity index (χ1n) is 17.4. The van der Waals surface area contributed by atoms with Crippen LogP contribution in [0.3, 0.4) is 0 Å². The Balaban J connectivity index is 1.68. The van der Waals surface area contributed by atoms with Gasteiger partial charge in [0.1, 0.15) is 17.6 Å². The van der Waals surface area contributed by atoms with Crippen LogP contribution in [0.15, 0.2) is 76.6 Å². The third kappa shape index (κ3) is 9.14. The Hall–Kier alpha value is -3.76. The van der Waals surface area contributed by atoms with E-state index in [1.54, 1.807) is 47.1 Å². The number of nitrogens with zero attached hydrogens (tertiary/aromatic N) is 5. The second-order valence-corrected chi connectivity index (χ2v) is 15.5. The number of rotatable bonds is 15. The molecule has 3 atom stereocenters. The molecule has 3 aromatic carbocycles. The van der Waals surface area contributed by atoms with E-state index in [4.69, 9.17) is 48.1 Å². The van der Waals surface area contributed by atoms with Crippen molar-refractivity contribution in [2.45, 2.75) is 36.9 Å². The Labute approximate surface area is 321 Å². The molecular weight excluding hydrogens is 743 g/mol. The number of hydrogen-bond acceptors (Lipinski definition) is 9. The zero-order valence-electron chi connectivity index (χ0n) is 30.3. The molecule has 5 rings (SSSR count). The number of piperazine rings is 1. The van der Waals surface area contributed by atoms with Gasteiger partial charge < -0.3 is 24.8 Å². The number of ether oxygens (including phenoxy) is 3. The van der Waals surface area contributed by atoms with Gasteiger partial charge in [-0.2, -0.15) is 4.31 Å². The number of halogens is 2. The van der Waals surface area contributed by atoms with Crippen LogP contribution in [0.2, 0.25) is 10.0 Å². The van der Waals surface area contributed by atoms with Crippen molar-refractivity contribution in [3.05, 3.63) is 93.5 Å². The molecule has 3 amide bonds. The first-order valence-corrected chi connectivity index (χ1v) is 19.6. The lowest BCUT2D eigenvalue weighted by Crippen LogP contribution is -2.57. The fourth-order valence-electron chi connectivity index (χ4n) is 6.50. The quantitative estimate of drug-likeness (QED) is 0.231. The van der Waals surface area contributed by atoms with Crippen LogP contribution in [0, 0.1) is 0 Å². The van der Waals surface area contributed by atoms with Gasteiger partial charge >= 0.3 is 6.03 Å². The van der Waals surface area contributed by atoms with Gasteiger partial charge in [-0.25, -0.2) is 13.2 Å². The maximum atomic E-state index is 15.0. The zero-order valence-corrected chi connectivity index (χ0v) is 32.6. The summed E-state index contributed by atoms with van der Waals surface area (Å²) in [5, 5.41) is 1.06. The van der Waals surface area contributed by atoms with E-state index in [0.717, 1.165) is 11.1 Å². The molecule has 3 aromatic rings. The van der Waals surface area contributed by atoms with Crippen LogP contribution < -0.4 is 10.5 Å². The number of hydrogen-bond donors (Lipinski definition) is 1. The van der Waals surface area contributed by atoms with Crippen LogP contribution in [-0.4, -0.2) is 125 Å². The average molecular weight is 790 g/mol. The van der Waals surface area contributed by atoms with Crippen molar-refractivity contribution < 1.29 is 32.2 Å². The van der Waals surface area contributed by atoms with Crippen LogP contribution in [0.4, 0.5) is 4.79 Å². The highest BCUT2D eigenvalue weighted by Gasteiger charge is 2.45. The minimum Gasteiger partial charge on any atom is -0.493 e. The molecule has 1 saturated heterocycles. The van der Waals surface area contributed by atoms with Crippen molar-refractivity contribution in [2.24, 2.45) is 10.7 Å². The molecule has 3 unspecified atom stereocenters. The van der Waals surface area contributed by atoms with Gasteiger partial charge in [0.25, 0.3) is 0 Å².